The Kier molecular flexibility index (Phi) is 29.4. The number of carbonyl (C=O) groups is 8. The quantitative estimate of drug-likeness (QED) is 0.0111. The third-order valence-electron chi connectivity index (χ3n) is 18.7. The molecule has 618 valence electrons. The van der Waals surface area contributed by atoms with Crippen LogP contribution in [0.1, 0.15) is 107 Å². The third kappa shape index (κ3) is 22.2. The molecule has 0 aliphatic heterocycles. The lowest BCUT2D eigenvalue weighted by atomic mass is 10.1. The fraction of sp³-hybridized carbons (Fsp3) is 0.250. The number of benzene rings is 7. The second-order valence-corrected chi connectivity index (χ2v) is 27.5. The van der Waals surface area contributed by atoms with E-state index in [2.05, 4.69) is 66.2 Å². The first-order valence-electron chi connectivity index (χ1n) is 38.5. The Balaban J connectivity index is 0.733. The third-order valence-corrected chi connectivity index (χ3v) is 18.7. The van der Waals surface area contributed by atoms with Crippen molar-refractivity contribution in [2.24, 2.45) is 0 Å². The molecule has 0 saturated heterocycles. The van der Waals surface area contributed by atoms with Crippen molar-refractivity contribution >= 4 is 70.6 Å². The molecule has 11 aromatic rings. The van der Waals surface area contributed by atoms with Gasteiger partial charge in [-0.25, -0.2) is 55.5 Å². The predicted octanol–water partition coefficient (Wildman–Crippen LogP) is 9.28. The summed E-state index contributed by atoms with van der Waals surface area (Å²) in [6.07, 6.45) is 2.27. The fourth-order valence-corrected chi connectivity index (χ4v) is 13.0. The lowest BCUT2D eigenvalue weighted by Crippen LogP contribution is -2.48. The molecule has 8 amide bonds. The zero-order valence-electron chi connectivity index (χ0n) is 66.4. The molecule has 120 heavy (non-hydrogen) atoms. The van der Waals surface area contributed by atoms with Gasteiger partial charge in [0.1, 0.15) is 46.5 Å². The standard InChI is InChI=1S/C88H86F4N16O12/c1-7-93-85(117)99-63-39-35-61(36-40-63)77-73(107-81(113)67(83(115)119-9-3)49-105(87(107)101-77)47-65-69(89)27-17-28-70(65)90)51-103(45-59-21-13-11-14-22-59)53-75(109)97-55(5)79(111)95-43-19-25-57-31-33-58(34-32-57)26-20-44-96-80(112)56(6)98-76(110)54-104(46-60-23-15-12-16-24-60)52-74-78(62-37-41-64(42-38-62)100-86(118)94-8-2)102-88-106(48-66-71(91)29-18-30-72(66)92)50-68(82(114)108(74)88)84(116)120-10-4/h11-18,21-24,27-42,49-50,55-56H,7-10,43-48,51-54H2,1-6H3,(H,95,111)(H,96,112)(H,97,109)(H,98,110)(H2,93,99,117)(H2,94,100,118)/t55-,56-/m0/s1. The Labute approximate surface area is 686 Å². The van der Waals surface area contributed by atoms with E-state index in [4.69, 9.17) is 19.4 Å². The molecule has 0 radical (unpaired) electrons. The number of urea groups is 2. The van der Waals surface area contributed by atoms with Crippen molar-refractivity contribution in [3.05, 3.63) is 282 Å². The van der Waals surface area contributed by atoms with Crippen molar-refractivity contribution in [1.29, 1.82) is 0 Å². The molecule has 4 aromatic heterocycles. The van der Waals surface area contributed by atoms with Crippen LogP contribution in [0.15, 0.2) is 192 Å². The van der Waals surface area contributed by atoms with Crippen LogP contribution < -0.4 is 53.7 Å². The number of anilines is 2. The number of carbonyl (C=O) groups excluding carboxylic acids is 8. The SMILES string of the molecule is CCNC(=O)Nc1ccc(-c2nc3n(Cc4c(F)cccc4F)cc(C(=O)OCC)c(=O)n3c2CN(CC(=O)N[C@@H](C)C(=O)NCC#Cc2ccc(C#CCNC(=O)[C@H](C)NC(=O)CN(Cc3ccccc3)Cc3c(-c4ccc(NC(=O)NCC)cc4)nc4n(Cc5c(F)cccc5F)cc(C(=O)OCC)c(=O)n34)cc2)Cc2ccccc2)cc1. The highest BCUT2D eigenvalue weighted by atomic mass is 19.1. The average molecular weight is 1640 g/mol. The zero-order valence-corrected chi connectivity index (χ0v) is 66.4. The highest BCUT2D eigenvalue weighted by Crippen LogP contribution is 2.31. The molecule has 0 saturated carbocycles. The van der Waals surface area contributed by atoms with Gasteiger partial charge in [-0.05, 0) is 125 Å². The van der Waals surface area contributed by atoms with Gasteiger partial charge in [0.15, 0.2) is 0 Å². The Morgan fingerprint density at radius 3 is 1.15 bits per heavy atom. The maximum atomic E-state index is 15.4. The van der Waals surface area contributed by atoms with E-state index in [0.29, 0.717) is 46.7 Å². The summed E-state index contributed by atoms with van der Waals surface area (Å²) in [7, 11) is 0. The van der Waals surface area contributed by atoms with Gasteiger partial charge >= 0.3 is 24.0 Å². The molecule has 2 atom stereocenters. The Bertz CT molecular complexity index is 5480. The Morgan fingerprint density at radius 2 is 0.808 bits per heavy atom. The first kappa shape index (κ1) is 86.4. The lowest BCUT2D eigenvalue weighted by molar-refractivity contribution is -0.129. The van der Waals surface area contributed by atoms with E-state index < -0.39 is 118 Å². The summed E-state index contributed by atoms with van der Waals surface area (Å²) in [6.45, 7) is 7.90. The molecule has 0 aliphatic carbocycles. The molecule has 32 heteroatoms. The topological polar surface area (TPSA) is 336 Å². The molecule has 4 heterocycles. The molecule has 0 bridgehead atoms. The van der Waals surface area contributed by atoms with Gasteiger partial charge in [0.2, 0.25) is 35.2 Å². The molecule has 11 rings (SSSR count). The average Bonchev–Trinajstić information content (AvgIpc) is 1.58. The Hall–Kier alpha value is -14.5. The number of rotatable bonds is 32. The molecule has 0 fully saturated rings. The number of imidazole rings is 2. The van der Waals surface area contributed by atoms with Crippen LogP contribution in [0.4, 0.5) is 38.5 Å². The number of amides is 8. The molecule has 8 N–H and O–H groups in total. The van der Waals surface area contributed by atoms with Gasteiger partial charge in [0.05, 0.1) is 75.3 Å². The fourth-order valence-electron chi connectivity index (χ4n) is 13.0. The summed E-state index contributed by atoms with van der Waals surface area (Å²) in [5.74, 6) is 3.61. The van der Waals surface area contributed by atoms with Crippen LogP contribution in [0.2, 0.25) is 0 Å². The highest BCUT2D eigenvalue weighted by Gasteiger charge is 2.31. The van der Waals surface area contributed by atoms with E-state index in [-0.39, 0.29) is 111 Å². The number of nitrogens with zero attached hydrogens (tertiary/aromatic N) is 8. The highest BCUT2D eigenvalue weighted by molar-refractivity contribution is 5.93. The number of hydrogen-bond acceptors (Lipinski definition) is 16. The van der Waals surface area contributed by atoms with Gasteiger partial charge in [-0.15, -0.1) is 0 Å². The number of fused-ring (bicyclic) bond motifs is 2. The summed E-state index contributed by atoms with van der Waals surface area (Å²) in [5, 5.41) is 21.7. The van der Waals surface area contributed by atoms with Crippen molar-refractivity contribution in [2.75, 3.05) is 63.1 Å². The van der Waals surface area contributed by atoms with E-state index in [1.807, 2.05) is 36.4 Å². The molecule has 28 nitrogen and oxygen atoms in total. The normalized spacial score (nSPS) is 11.5. The minimum atomic E-state index is -1.08. The Morgan fingerprint density at radius 1 is 0.450 bits per heavy atom. The minimum Gasteiger partial charge on any atom is -0.462 e. The maximum Gasteiger partial charge on any atom is 0.345 e. The maximum absolute atomic E-state index is 15.4. The zero-order chi connectivity index (χ0) is 85.5. The van der Waals surface area contributed by atoms with Crippen molar-refractivity contribution in [1.82, 2.24) is 69.6 Å². The summed E-state index contributed by atoms with van der Waals surface area (Å²) in [4.78, 5) is 150. The number of halogens is 4. The monoisotopic (exact) mass is 1630 g/mol. The van der Waals surface area contributed by atoms with Crippen LogP contribution in [-0.4, -0.2) is 150 Å². The minimum absolute atomic E-state index is 0.0998. The van der Waals surface area contributed by atoms with E-state index >= 15 is 17.6 Å². The lowest BCUT2D eigenvalue weighted by Gasteiger charge is -2.23. The number of aromatic nitrogens is 6. The van der Waals surface area contributed by atoms with Gasteiger partial charge < -0.3 is 61.1 Å². The first-order valence-corrected chi connectivity index (χ1v) is 38.5. The van der Waals surface area contributed by atoms with Crippen LogP contribution in [0.3, 0.4) is 0 Å². The van der Waals surface area contributed by atoms with Crippen molar-refractivity contribution in [3.8, 4) is 46.2 Å². The van der Waals surface area contributed by atoms with Crippen LogP contribution in [-0.2, 0) is 67.9 Å². The second-order valence-electron chi connectivity index (χ2n) is 27.5. The number of esters is 2. The van der Waals surface area contributed by atoms with E-state index in [1.165, 1.54) is 35.1 Å². The molecule has 0 aliphatic rings. The number of nitrogens with one attached hydrogen (secondary N) is 8. The van der Waals surface area contributed by atoms with E-state index in [9.17, 15) is 47.9 Å². The van der Waals surface area contributed by atoms with Crippen LogP contribution >= 0.6 is 0 Å². The van der Waals surface area contributed by atoms with Crippen molar-refractivity contribution < 1.29 is 65.4 Å². The van der Waals surface area contributed by atoms with Gasteiger partial charge in [-0.1, -0.05) is 121 Å². The number of ether oxygens (including phenoxy) is 2. The smallest absolute Gasteiger partial charge is 0.345 e. The summed E-state index contributed by atoms with van der Waals surface area (Å²) >= 11 is 0. The van der Waals surface area contributed by atoms with Crippen molar-refractivity contribution in [2.45, 2.75) is 92.9 Å². The van der Waals surface area contributed by atoms with Gasteiger partial charge in [0.25, 0.3) is 11.1 Å². The molecule has 7 aromatic carbocycles. The first-order chi connectivity index (χ1) is 57.9. The predicted molar refractivity (Wildman–Crippen MR) is 441 cm³/mol. The summed E-state index contributed by atoms with van der Waals surface area (Å²) in [5.41, 5.74) is 1.54. The van der Waals surface area contributed by atoms with Crippen LogP contribution in [0.5, 0.6) is 0 Å². The van der Waals surface area contributed by atoms with Gasteiger partial charge in [-0.3, -0.25) is 38.6 Å². The van der Waals surface area contributed by atoms with E-state index in [1.54, 1.807) is 135 Å². The van der Waals surface area contributed by atoms with Crippen molar-refractivity contribution in [3.63, 3.8) is 0 Å². The molecular formula is C88H86F4N16O12. The summed E-state index contributed by atoms with van der Waals surface area (Å²) in [6, 6.07) is 41.6. The molecule has 0 unspecified atom stereocenters. The van der Waals surface area contributed by atoms with Gasteiger partial charge in [0, 0.05) is 96.4 Å². The molecular weight excluding hydrogens is 1550 g/mol. The summed E-state index contributed by atoms with van der Waals surface area (Å²) < 4.78 is 77.1. The largest absolute Gasteiger partial charge is 0.462 e. The second kappa shape index (κ2) is 40.9. The molecule has 0 spiro atoms. The van der Waals surface area contributed by atoms with Crippen LogP contribution in [0.25, 0.3) is 34.1 Å². The van der Waals surface area contributed by atoms with Crippen LogP contribution in [0, 0.1) is 47.0 Å². The van der Waals surface area contributed by atoms with Gasteiger partial charge in [-0.2, -0.15) is 0 Å². The van der Waals surface area contributed by atoms with E-state index in [0.717, 1.165) is 56.6 Å². The number of hydrogen-bond donors (Lipinski definition) is 8.